The second-order valence-corrected chi connectivity index (χ2v) is 7.22. The summed E-state index contributed by atoms with van der Waals surface area (Å²) in [5.41, 5.74) is -0.476. The average molecular weight is 832 g/mol. The first-order valence-electron chi connectivity index (χ1n) is 9.08. The van der Waals surface area contributed by atoms with Crippen LogP contribution in [0.5, 0.6) is 0 Å². The number of carboxylic acids is 1. The first kappa shape index (κ1) is 26.4. The zero-order valence-electron chi connectivity index (χ0n) is 15.8. The van der Waals surface area contributed by atoms with Gasteiger partial charge in [-0.25, -0.2) is 0 Å². The van der Waals surface area contributed by atoms with Crippen LogP contribution >= 0.6 is 0 Å². The Balaban J connectivity index is 0.000000252. The van der Waals surface area contributed by atoms with E-state index in [2.05, 4.69) is 6.92 Å². The Bertz CT molecular complexity index is 474. The van der Waals surface area contributed by atoms with E-state index in [-0.39, 0.29) is 105 Å². The van der Waals surface area contributed by atoms with E-state index in [1.165, 1.54) is 0 Å². The Hall–Kier alpha value is 1.37. The molecule has 0 saturated carbocycles. The number of carboxylic acid groups (broad SMARTS) is 1. The van der Waals surface area contributed by atoms with E-state index >= 15 is 0 Å². The SMILES string of the molecule is CC[C@@]12CO[C@@H]([CH-]O1)[C@@H]2CC(=O)O.CC[C@@]12CO[C@@H]([CH-]O1)[C@@H]2CCO.[U].[U]. The van der Waals surface area contributed by atoms with E-state index in [0.717, 1.165) is 19.3 Å². The summed E-state index contributed by atoms with van der Waals surface area (Å²) < 4.78 is 22.0. The van der Waals surface area contributed by atoms with Gasteiger partial charge in [-0.1, -0.05) is 13.8 Å². The average Bonchev–Trinajstić information content (AvgIpc) is 3.35. The standard InChI is InChI=1S/C9H13O4.C9H15O3.2U/c1-2-9-5-12-7(4-13-9)6(9)3-8(10)11;1-2-9-6-11-8(5-12-9)7(9)3-4-10;;/h4,6-7H,2-3,5H2,1H3,(H,10,11);5,7-8,10H,2-4,6H2,1H3;;/q2*-1;;/t6-,7-,9-;7-,8-,9-;;/m00../s1. The van der Waals surface area contributed by atoms with Crippen molar-refractivity contribution in [2.75, 3.05) is 19.8 Å². The summed E-state index contributed by atoms with van der Waals surface area (Å²) in [5.74, 6) is -0.417. The van der Waals surface area contributed by atoms with Crippen LogP contribution in [0.3, 0.4) is 0 Å². The van der Waals surface area contributed by atoms with E-state index in [1.54, 1.807) is 13.2 Å². The van der Waals surface area contributed by atoms with Crippen LogP contribution in [0, 0.1) is 87.3 Å². The first-order valence-corrected chi connectivity index (χ1v) is 9.08. The van der Waals surface area contributed by atoms with E-state index in [9.17, 15) is 4.79 Å². The molecule has 0 unspecified atom stereocenters. The number of ether oxygens (including phenoxy) is 4. The summed E-state index contributed by atoms with van der Waals surface area (Å²) in [7, 11) is 0. The van der Waals surface area contributed by atoms with Crippen LogP contribution in [-0.4, -0.2) is 59.4 Å². The van der Waals surface area contributed by atoms with Gasteiger partial charge >= 0.3 is 5.97 Å². The van der Waals surface area contributed by atoms with Gasteiger partial charge in [0, 0.05) is 68.8 Å². The van der Waals surface area contributed by atoms with Crippen molar-refractivity contribution in [2.45, 2.75) is 62.9 Å². The molecule has 4 saturated heterocycles. The Morgan fingerprint density at radius 2 is 1.48 bits per heavy atom. The summed E-state index contributed by atoms with van der Waals surface area (Å²) in [5, 5.41) is 17.6. The number of hydrogen-bond donors (Lipinski definition) is 2. The van der Waals surface area contributed by atoms with Gasteiger partial charge in [-0.05, 0) is 43.3 Å². The molecule has 0 amide bonds. The fourth-order valence-corrected chi connectivity index (χ4v) is 4.39. The largest absolute Gasteiger partial charge is 0.543 e. The third-order valence-corrected chi connectivity index (χ3v) is 6.09. The minimum absolute atomic E-state index is 0. The number of fused-ring (bicyclic) bond motifs is 4. The molecule has 4 aliphatic rings. The monoisotopic (exact) mass is 832 g/mol. The molecule has 6 atom stereocenters. The van der Waals surface area contributed by atoms with Crippen LogP contribution in [0.15, 0.2) is 0 Å². The maximum Gasteiger partial charge on any atom is 0.303 e. The van der Waals surface area contributed by atoms with Crippen molar-refractivity contribution in [1.29, 1.82) is 0 Å². The number of aliphatic carboxylic acids is 1. The van der Waals surface area contributed by atoms with Gasteiger partial charge in [0.2, 0.25) is 0 Å². The minimum atomic E-state index is -0.780. The molecule has 0 radical (unpaired) electrons. The van der Waals surface area contributed by atoms with Crippen molar-refractivity contribution in [3.63, 3.8) is 0 Å². The molecule has 7 nitrogen and oxygen atoms in total. The fraction of sp³-hybridized carbons (Fsp3) is 0.833. The summed E-state index contributed by atoms with van der Waals surface area (Å²) in [6.07, 6.45) is 2.69. The molecule has 4 bridgehead atoms. The molecule has 4 fully saturated rings. The second kappa shape index (κ2) is 11.1. The quantitative estimate of drug-likeness (QED) is 0.393. The van der Waals surface area contributed by atoms with Gasteiger partial charge in [0.05, 0.1) is 30.8 Å². The Morgan fingerprint density at radius 3 is 1.85 bits per heavy atom. The molecule has 2 N–H and O–H groups in total. The summed E-state index contributed by atoms with van der Waals surface area (Å²) in [6, 6.07) is 0. The Kier molecular flexibility index (Phi) is 10.9. The van der Waals surface area contributed by atoms with Gasteiger partial charge in [-0.2, -0.15) is 13.2 Å². The van der Waals surface area contributed by atoms with Crippen molar-refractivity contribution in [2.24, 2.45) is 11.8 Å². The zero-order chi connectivity index (χ0) is 18.1. The molecule has 9 heteroatoms. The fourth-order valence-electron chi connectivity index (χ4n) is 4.39. The molecule has 0 spiro atoms. The number of rotatable bonds is 6. The zero-order valence-corrected chi connectivity index (χ0v) is 24.2. The molecule has 0 aliphatic carbocycles. The van der Waals surface area contributed by atoms with Gasteiger partial charge in [0.15, 0.2) is 0 Å². The van der Waals surface area contributed by atoms with Crippen molar-refractivity contribution in [1.82, 2.24) is 0 Å². The number of carbonyl (C=O) groups is 1. The van der Waals surface area contributed by atoms with Crippen molar-refractivity contribution < 1.29 is 96.2 Å². The summed E-state index contributed by atoms with van der Waals surface area (Å²) >= 11 is 0. The van der Waals surface area contributed by atoms with Crippen molar-refractivity contribution in [3.05, 3.63) is 13.2 Å². The van der Waals surface area contributed by atoms with Crippen LogP contribution in [0.2, 0.25) is 0 Å². The molecule has 4 rings (SSSR count). The molecule has 152 valence electrons. The predicted molar refractivity (Wildman–Crippen MR) is 87.2 cm³/mol. The smallest absolute Gasteiger partial charge is 0.303 e. The summed E-state index contributed by atoms with van der Waals surface area (Å²) in [6.45, 7) is 8.98. The van der Waals surface area contributed by atoms with E-state index in [1.807, 2.05) is 6.92 Å². The Labute approximate surface area is 208 Å². The van der Waals surface area contributed by atoms with Gasteiger partial charge in [-0.15, -0.1) is 0 Å². The molecule has 0 aromatic rings. The van der Waals surface area contributed by atoms with E-state index in [0.29, 0.717) is 19.1 Å². The third-order valence-electron chi connectivity index (χ3n) is 6.09. The van der Waals surface area contributed by atoms with Crippen LogP contribution in [-0.2, 0) is 23.7 Å². The minimum Gasteiger partial charge on any atom is -0.543 e. The van der Waals surface area contributed by atoms with Crippen LogP contribution < -0.4 is 0 Å². The topological polar surface area (TPSA) is 94.5 Å². The molecule has 4 aliphatic heterocycles. The molecule has 0 aromatic carbocycles. The molecule has 4 heterocycles. The maximum atomic E-state index is 10.6. The van der Waals surface area contributed by atoms with Crippen LogP contribution in [0.25, 0.3) is 0 Å². The molecule has 27 heavy (non-hydrogen) atoms. The number of aliphatic hydroxyl groups excluding tert-OH is 1. The normalized spacial score (nSPS) is 40.7. The second-order valence-electron chi connectivity index (χ2n) is 7.22. The van der Waals surface area contributed by atoms with E-state index < -0.39 is 5.97 Å². The van der Waals surface area contributed by atoms with Crippen LogP contribution in [0.4, 0.5) is 0 Å². The molecule has 0 aromatic heterocycles. The van der Waals surface area contributed by atoms with Gasteiger partial charge < -0.3 is 29.2 Å². The van der Waals surface area contributed by atoms with Gasteiger partial charge in [-0.3, -0.25) is 4.79 Å². The van der Waals surface area contributed by atoms with E-state index in [4.69, 9.17) is 29.2 Å². The first-order chi connectivity index (χ1) is 12.0. The number of hydrogen-bond acceptors (Lipinski definition) is 6. The Morgan fingerprint density at radius 1 is 1.00 bits per heavy atom. The maximum absolute atomic E-state index is 10.6. The van der Waals surface area contributed by atoms with Crippen molar-refractivity contribution >= 4 is 5.97 Å². The predicted octanol–water partition coefficient (Wildman–Crippen LogP) is 1.54. The molecular formula is C18H28O7U2-2. The summed E-state index contributed by atoms with van der Waals surface area (Å²) in [4.78, 5) is 10.6. The van der Waals surface area contributed by atoms with Crippen molar-refractivity contribution in [3.8, 4) is 0 Å². The number of aliphatic hydroxyl groups is 1. The van der Waals surface area contributed by atoms with Crippen LogP contribution in [0.1, 0.15) is 39.5 Å². The van der Waals surface area contributed by atoms with Gasteiger partial charge in [0.1, 0.15) is 0 Å². The molecular weight excluding hydrogens is 804 g/mol. The van der Waals surface area contributed by atoms with Gasteiger partial charge in [0.25, 0.3) is 0 Å². The third kappa shape index (κ3) is 5.17.